The van der Waals surface area contributed by atoms with Crippen LogP contribution in [0.2, 0.25) is 0 Å². The normalized spacial score (nSPS) is 15.6. The molecular formula is C22H31N5. The number of piperidine rings is 1. The molecule has 144 valence electrons. The van der Waals surface area contributed by atoms with Crippen molar-refractivity contribution in [3.05, 3.63) is 65.0 Å². The van der Waals surface area contributed by atoms with Crippen LogP contribution in [0.3, 0.4) is 0 Å². The summed E-state index contributed by atoms with van der Waals surface area (Å²) in [5, 5.41) is 6.69. The van der Waals surface area contributed by atoms with Gasteiger partial charge in [-0.1, -0.05) is 36.8 Å². The highest BCUT2D eigenvalue weighted by Gasteiger charge is 2.10. The van der Waals surface area contributed by atoms with E-state index in [4.69, 9.17) is 0 Å². The van der Waals surface area contributed by atoms with Crippen molar-refractivity contribution in [3.8, 4) is 0 Å². The van der Waals surface area contributed by atoms with Crippen LogP contribution in [0.25, 0.3) is 0 Å². The molecule has 0 amide bonds. The van der Waals surface area contributed by atoms with Crippen LogP contribution >= 0.6 is 0 Å². The molecule has 1 aromatic carbocycles. The van der Waals surface area contributed by atoms with Gasteiger partial charge in [0.2, 0.25) is 0 Å². The number of hydrogen-bond acceptors (Lipinski definition) is 3. The molecule has 0 bridgehead atoms. The number of aromatic nitrogens is 1. The fourth-order valence-electron chi connectivity index (χ4n) is 3.42. The smallest absolute Gasteiger partial charge is 0.191 e. The number of likely N-dealkylation sites (tertiary alicyclic amines) is 1. The molecule has 2 N–H and O–H groups in total. The Labute approximate surface area is 162 Å². The van der Waals surface area contributed by atoms with E-state index in [1.807, 2.05) is 25.1 Å². The fraction of sp³-hybridized carbons (Fsp3) is 0.455. The summed E-state index contributed by atoms with van der Waals surface area (Å²) in [5.41, 5.74) is 4.70. The second kappa shape index (κ2) is 10.1. The van der Waals surface area contributed by atoms with Gasteiger partial charge in [-0.15, -0.1) is 0 Å². The first-order chi connectivity index (χ1) is 13.2. The van der Waals surface area contributed by atoms with Crippen molar-refractivity contribution in [3.63, 3.8) is 0 Å². The average molecular weight is 366 g/mol. The molecule has 27 heavy (non-hydrogen) atoms. The number of nitrogens with zero attached hydrogens (tertiary/aromatic N) is 3. The van der Waals surface area contributed by atoms with E-state index in [2.05, 4.69) is 49.8 Å². The van der Waals surface area contributed by atoms with Gasteiger partial charge >= 0.3 is 0 Å². The number of aryl methyl sites for hydroxylation is 1. The molecule has 2 heterocycles. The second-order valence-electron chi connectivity index (χ2n) is 7.20. The lowest BCUT2D eigenvalue weighted by Gasteiger charge is -2.26. The van der Waals surface area contributed by atoms with E-state index in [-0.39, 0.29) is 0 Å². The fourth-order valence-corrected chi connectivity index (χ4v) is 3.42. The van der Waals surface area contributed by atoms with Crippen LogP contribution in [0.5, 0.6) is 0 Å². The molecule has 1 saturated heterocycles. The summed E-state index contributed by atoms with van der Waals surface area (Å²) in [6.45, 7) is 6.97. The summed E-state index contributed by atoms with van der Waals surface area (Å²) in [7, 11) is 1.79. The standard InChI is InChI=1S/C22H31N5/c1-18-7-6-8-21(26-18)16-25-22(23-2)24-15-19-9-11-20(12-10-19)17-27-13-4-3-5-14-27/h6-12H,3-5,13-17H2,1-2H3,(H2,23,24,25). The van der Waals surface area contributed by atoms with Gasteiger partial charge in [0.25, 0.3) is 0 Å². The second-order valence-corrected chi connectivity index (χ2v) is 7.20. The van der Waals surface area contributed by atoms with Gasteiger partial charge in [0.1, 0.15) is 0 Å². The molecular weight excluding hydrogens is 334 g/mol. The van der Waals surface area contributed by atoms with E-state index < -0.39 is 0 Å². The van der Waals surface area contributed by atoms with Crippen LogP contribution in [0.1, 0.15) is 41.8 Å². The molecule has 1 aromatic heterocycles. The lowest BCUT2D eigenvalue weighted by atomic mass is 10.1. The van der Waals surface area contributed by atoms with Crippen molar-refractivity contribution < 1.29 is 0 Å². The first-order valence-electron chi connectivity index (χ1n) is 9.90. The zero-order valence-electron chi connectivity index (χ0n) is 16.5. The monoisotopic (exact) mass is 365 g/mol. The molecule has 1 aliphatic rings. The van der Waals surface area contributed by atoms with Crippen molar-refractivity contribution in [2.45, 2.75) is 45.8 Å². The third-order valence-electron chi connectivity index (χ3n) is 4.94. The summed E-state index contributed by atoms with van der Waals surface area (Å²) in [6.07, 6.45) is 4.06. The van der Waals surface area contributed by atoms with Crippen LogP contribution in [-0.2, 0) is 19.6 Å². The summed E-state index contributed by atoms with van der Waals surface area (Å²) in [4.78, 5) is 11.4. The number of pyridine rings is 1. The lowest BCUT2D eigenvalue weighted by molar-refractivity contribution is 0.221. The van der Waals surface area contributed by atoms with Crippen molar-refractivity contribution in [1.82, 2.24) is 20.5 Å². The molecule has 3 rings (SSSR count). The highest BCUT2D eigenvalue weighted by Crippen LogP contribution is 2.13. The van der Waals surface area contributed by atoms with Gasteiger partial charge < -0.3 is 10.6 Å². The van der Waals surface area contributed by atoms with Crippen molar-refractivity contribution in [2.75, 3.05) is 20.1 Å². The van der Waals surface area contributed by atoms with E-state index in [1.165, 1.54) is 43.5 Å². The van der Waals surface area contributed by atoms with Gasteiger partial charge in [0, 0.05) is 25.8 Å². The van der Waals surface area contributed by atoms with Gasteiger partial charge in [-0.2, -0.15) is 0 Å². The zero-order chi connectivity index (χ0) is 18.9. The van der Waals surface area contributed by atoms with Gasteiger partial charge in [0.15, 0.2) is 5.96 Å². The van der Waals surface area contributed by atoms with Crippen molar-refractivity contribution >= 4 is 5.96 Å². The maximum Gasteiger partial charge on any atom is 0.191 e. The van der Waals surface area contributed by atoms with Gasteiger partial charge in [-0.25, -0.2) is 0 Å². The molecule has 5 heteroatoms. The van der Waals surface area contributed by atoms with Crippen molar-refractivity contribution in [2.24, 2.45) is 4.99 Å². The number of hydrogen-bond donors (Lipinski definition) is 2. The Morgan fingerprint density at radius 1 is 0.963 bits per heavy atom. The Morgan fingerprint density at radius 2 is 1.67 bits per heavy atom. The van der Waals surface area contributed by atoms with Gasteiger partial charge in [-0.3, -0.25) is 14.9 Å². The third kappa shape index (κ3) is 6.36. The van der Waals surface area contributed by atoms with Crippen LogP contribution in [0, 0.1) is 6.92 Å². The molecule has 2 aromatic rings. The maximum absolute atomic E-state index is 4.51. The van der Waals surface area contributed by atoms with Gasteiger partial charge in [-0.05, 0) is 56.1 Å². The summed E-state index contributed by atoms with van der Waals surface area (Å²) >= 11 is 0. The number of rotatable bonds is 6. The predicted molar refractivity (Wildman–Crippen MR) is 112 cm³/mol. The summed E-state index contributed by atoms with van der Waals surface area (Å²) in [6, 6.07) is 15.0. The Balaban J connectivity index is 1.45. The number of benzene rings is 1. The number of aliphatic imine (C=N–C) groups is 1. The van der Waals surface area contributed by atoms with Gasteiger partial charge in [0.05, 0.1) is 12.2 Å². The molecule has 0 unspecified atom stereocenters. The molecule has 1 aliphatic heterocycles. The van der Waals surface area contributed by atoms with Crippen molar-refractivity contribution in [1.29, 1.82) is 0 Å². The Bertz CT molecular complexity index is 733. The first kappa shape index (κ1) is 19.4. The molecule has 0 radical (unpaired) electrons. The highest BCUT2D eigenvalue weighted by molar-refractivity contribution is 5.79. The van der Waals surface area contributed by atoms with Crippen LogP contribution in [0.4, 0.5) is 0 Å². The topological polar surface area (TPSA) is 52.6 Å². The van der Waals surface area contributed by atoms with E-state index in [0.717, 1.165) is 30.4 Å². The zero-order valence-corrected chi connectivity index (χ0v) is 16.5. The van der Waals surface area contributed by atoms with Crippen LogP contribution in [-0.4, -0.2) is 36.0 Å². The van der Waals surface area contributed by atoms with E-state index in [0.29, 0.717) is 6.54 Å². The molecule has 0 atom stereocenters. The number of nitrogens with one attached hydrogen (secondary N) is 2. The number of guanidine groups is 1. The molecule has 0 spiro atoms. The minimum absolute atomic E-state index is 0.663. The van der Waals surface area contributed by atoms with Crippen LogP contribution < -0.4 is 10.6 Å². The van der Waals surface area contributed by atoms with E-state index >= 15 is 0 Å². The molecule has 5 nitrogen and oxygen atoms in total. The minimum atomic E-state index is 0.663. The summed E-state index contributed by atoms with van der Waals surface area (Å²) < 4.78 is 0. The Hall–Kier alpha value is -2.40. The quantitative estimate of drug-likeness (QED) is 0.609. The van der Waals surface area contributed by atoms with Crippen LogP contribution in [0.15, 0.2) is 47.5 Å². The largest absolute Gasteiger partial charge is 0.352 e. The Kier molecular flexibility index (Phi) is 7.22. The molecule has 0 saturated carbocycles. The first-order valence-corrected chi connectivity index (χ1v) is 9.90. The SMILES string of the molecule is CN=C(NCc1ccc(CN2CCCCC2)cc1)NCc1cccc(C)n1. The molecule has 1 fully saturated rings. The van der Waals surface area contributed by atoms with E-state index in [9.17, 15) is 0 Å². The summed E-state index contributed by atoms with van der Waals surface area (Å²) in [5.74, 6) is 0.788. The third-order valence-corrected chi connectivity index (χ3v) is 4.94. The van der Waals surface area contributed by atoms with E-state index in [1.54, 1.807) is 7.05 Å². The minimum Gasteiger partial charge on any atom is -0.352 e. The maximum atomic E-state index is 4.51. The molecule has 0 aliphatic carbocycles. The predicted octanol–water partition coefficient (Wildman–Crippen LogP) is 3.24. The lowest BCUT2D eigenvalue weighted by Crippen LogP contribution is -2.36. The average Bonchev–Trinajstić information content (AvgIpc) is 2.70. The highest BCUT2D eigenvalue weighted by atomic mass is 15.2. The Morgan fingerprint density at radius 3 is 2.37 bits per heavy atom.